The molecule has 0 atom stereocenters. The molecule has 0 radical (unpaired) electrons. The minimum atomic E-state index is -0.341. The number of nitrogens with one attached hydrogen (secondary N) is 3. The van der Waals surface area contributed by atoms with Gasteiger partial charge in [0.2, 0.25) is 6.79 Å². The molecule has 152 valence electrons. The molecule has 0 aliphatic carbocycles. The van der Waals surface area contributed by atoms with Crippen molar-refractivity contribution in [3.05, 3.63) is 36.3 Å². The Balaban J connectivity index is 0.00000205. The molecule has 2 aromatic heterocycles. The Labute approximate surface area is 172 Å². The summed E-state index contributed by atoms with van der Waals surface area (Å²) in [7, 11) is 0. The minimum absolute atomic E-state index is 0. The summed E-state index contributed by atoms with van der Waals surface area (Å²) in [6.45, 7) is 2.10. The minimum Gasteiger partial charge on any atom is -0.454 e. The van der Waals surface area contributed by atoms with Crippen molar-refractivity contribution in [1.29, 1.82) is 0 Å². The van der Waals surface area contributed by atoms with Crippen molar-refractivity contribution in [1.82, 2.24) is 30.5 Å². The number of H-pyrrole nitrogens is 1. The van der Waals surface area contributed by atoms with E-state index in [1.165, 1.54) is 0 Å². The molecule has 10 nitrogen and oxygen atoms in total. The highest BCUT2D eigenvalue weighted by Gasteiger charge is 2.21. The van der Waals surface area contributed by atoms with Crippen LogP contribution in [0.4, 0.5) is 5.82 Å². The van der Waals surface area contributed by atoms with E-state index in [1.54, 1.807) is 17.1 Å². The molecule has 0 saturated carbocycles. The normalized spacial score (nSPS) is 15.7. The topological polar surface area (TPSA) is 119 Å². The first kappa shape index (κ1) is 19.2. The van der Waals surface area contributed by atoms with Gasteiger partial charge in [0.25, 0.3) is 5.91 Å². The van der Waals surface area contributed by atoms with Crippen molar-refractivity contribution in [3.63, 3.8) is 0 Å². The predicted octanol–water partition coefficient (Wildman–Crippen LogP) is 2.00. The lowest BCUT2D eigenvalue weighted by Gasteiger charge is -2.22. The number of hydrogen-bond acceptors (Lipinski definition) is 7. The van der Waals surface area contributed by atoms with E-state index in [2.05, 4.69) is 31.1 Å². The lowest BCUT2D eigenvalue weighted by Crippen LogP contribution is -2.29. The van der Waals surface area contributed by atoms with Gasteiger partial charge in [-0.15, -0.1) is 17.5 Å². The maximum atomic E-state index is 12.6. The van der Waals surface area contributed by atoms with E-state index in [9.17, 15) is 4.79 Å². The lowest BCUT2D eigenvalue weighted by atomic mass is 10.1. The Kier molecular flexibility index (Phi) is 5.36. The molecule has 11 heteroatoms. The van der Waals surface area contributed by atoms with Gasteiger partial charge in [-0.1, -0.05) is 11.3 Å². The molecule has 2 aliphatic heterocycles. The summed E-state index contributed by atoms with van der Waals surface area (Å²) in [6, 6.07) is 5.85. The van der Waals surface area contributed by atoms with Gasteiger partial charge in [0, 0.05) is 5.56 Å². The van der Waals surface area contributed by atoms with Crippen LogP contribution in [0.5, 0.6) is 11.5 Å². The van der Waals surface area contributed by atoms with Crippen molar-refractivity contribution in [2.24, 2.45) is 0 Å². The van der Waals surface area contributed by atoms with Crippen LogP contribution in [0.25, 0.3) is 11.1 Å². The van der Waals surface area contributed by atoms with Crippen molar-refractivity contribution >= 4 is 24.1 Å². The number of amides is 1. The summed E-state index contributed by atoms with van der Waals surface area (Å²) in [6.07, 6.45) is 5.29. The summed E-state index contributed by atoms with van der Waals surface area (Å²) in [5.41, 5.74) is 1.87. The van der Waals surface area contributed by atoms with Crippen molar-refractivity contribution in [3.8, 4) is 22.6 Å². The van der Waals surface area contributed by atoms with Gasteiger partial charge in [-0.05, 0) is 43.6 Å². The van der Waals surface area contributed by atoms with Gasteiger partial charge in [0.1, 0.15) is 5.82 Å². The van der Waals surface area contributed by atoms with E-state index >= 15 is 0 Å². The standard InChI is InChI=1S/C18H19N7O3.ClH/c26-18(14-9-25(24-22-14)12-3-5-19-6-4-12)21-17-13(8-20-23-17)11-1-2-15-16(7-11)28-10-27-15;/h1-2,7-9,12,19H,3-6,10H2,(H2,20,21,23,26);1H. The summed E-state index contributed by atoms with van der Waals surface area (Å²) in [5.74, 6) is 1.51. The van der Waals surface area contributed by atoms with Gasteiger partial charge in [-0.2, -0.15) is 5.10 Å². The Bertz CT molecular complexity index is 1010. The number of ether oxygens (including phenoxy) is 2. The fourth-order valence-electron chi connectivity index (χ4n) is 3.47. The SMILES string of the molecule is Cl.O=C(Nc1[nH]ncc1-c1ccc2c(c1)OCO2)c1cn(C2CCNCC2)nn1. The predicted molar refractivity (Wildman–Crippen MR) is 107 cm³/mol. The quantitative estimate of drug-likeness (QED) is 0.593. The Hall–Kier alpha value is -3.11. The molecule has 3 aromatic rings. The number of rotatable bonds is 4. The van der Waals surface area contributed by atoms with Crippen LogP contribution in [0.3, 0.4) is 0 Å². The highest BCUT2D eigenvalue weighted by Crippen LogP contribution is 2.37. The fourth-order valence-corrected chi connectivity index (χ4v) is 3.47. The molecule has 3 N–H and O–H groups in total. The molecule has 0 spiro atoms. The van der Waals surface area contributed by atoms with E-state index in [-0.39, 0.29) is 36.8 Å². The average molecular weight is 418 g/mol. The number of aromatic amines is 1. The number of aromatic nitrogens is 5. The molecule has 1 saturated heterocycles. The molecule has 5 rings (SSSR count). The zero-order chi connectivity index (χ0) is 18.9. The lowest BCUT2D eigenvalue weighted by molar-refractivity contribution is 0.102. The number of benzene rings is 1. The van der Waals surface area contributed by atoms with Crippen LogP contribution in [0, 0.1) is 0 Å². The van der Waals surface area contributed by atoms with Crippen molar-refractivity contribution in [2.45, 2.75) is 18.9 Å². The van der Waals surface area contributed by atoms with Gasteiger partial charge in [0.15, 0.2) is 17.2 Å². The highest BCUT2D eigenvalue weighted by molar-refractivity contribution is 6.04. The zero-order valence-corrected chi connectivity index (χ0v) is 16.2. The molecule has 0 bridgehead atoms. The first-order chi connectivity index (χ1) is 13.8. The van der Waals surface area contributed by atoms with Crippen LogP contribution in [0.1, 0.15) is 29.4 Å². The van der Waals surface area contributed by atoms with Gasteiger partial charge in [-0.3, -0.25) is 9.89 Å². The third-order valence-electron chi connectivity index (χ3n) is 4.99. The third kappa shape index (κ3) is 3.76. The number of anilines is 1. The van der Waals surface area contributed by atoms with Crippen LogP contribution in [-0.2, 0) is 0 Å². The maximum absolute atomic E-state index is 12.6. The molecule has 4 heterocycles. The van der Waals surface area contributed by atoms with E-state index in [0.29, 0.717) is 17.3 Å². The summed E-state index contributed by atoms with van der Waals surface area (Å²) in [5, 5.41) is 21.2. The van der Waals surface area contributed by atoms with Crippen molar-refractivity contribution < 1.29 is 14.3 Å². The number of hydrogen-bond donors (Lipinski definition) is 3. The average Bonchev–Trinajstić information content (AvgIpc) is 3.48. The Morgan fingerprint density at radius 2 is 2.03 bits per heavy atom. The molecular weight excluding hydrogens is 398 g/mol. The largest absolute Gasteiger partial charge is 0.454 e. The second-order valence-electron chi connectivity index (χ2n) is 6.75. The molecule has 0 unspecified atom stereocenters. The van der Waals surface area contributed by atoms with Crippen molar-refractivity contribution in [2.75, 3.05) is 25.2 Å². The van der Waals surface area contributed by atoms with Crippen LogP contribution in [-0.4, -0.2) is 51.0 Å². The monoisotopic (exact) mass is 417 g/mol. The number of halogens is 1. The van der Waals surface area contributed by atoms with Crippen LogP contribution in [0.2, 0.25) is 0 Å². The van der Waals surface area contributed by atoms with Gasteiger partial charge in [-0.25, -0.2) is 4.68 Å². The number of carbonyl (C=O) groups is 1. The van der Waals surface area contributed by atoms with Gasteiger partial charge in [0.05, 0.1) is 18.4 Å². The number of carbonyl (C=O) groups excluding carboxylic acids is 1. The zero-order valence-electron chi connectivity index (χ0n) is 15.4. The second kappa shape index (κ2) is 8.10. The molecule has 1 fully saturated rings. The first-order valence-electron chi connectivity index (χ1n) is 9.15. The number of nitrogens with zero attached hydrogens (tertiary/aromatic N) is 4. The summed E-state index contributed by atoms with van der Waals surface area (Å²) < 4.78 is 12.5. The third-order valence-corrected chi connectivity index (χ3v) is 4.99. The molecule has 2 aliphatic rings. The smallest absolute Gasteiger partial charge is 0.278 e. The van der Waals surface area contributed by atoms with E-state index < -0.39 is 0 Å². The first-order valence-corrected chi connectivity index (χ1v) is 9.15. The summed E-state index contributed by atoms with van der Waals surface area (Å²) >= 11 is 0. The van der Waals surface area contributed by atoms with Crippen LogP contribution in [0.15, 0.2) is 30.6 Å². The summed E-state index contributed by atoms with van der Waals surface area (Å²) in [4.78, 5) is 12.6. The fraction of sp³-hybridized carbons (Fsp3) is 0.333. The Morgan fingerprint density at radius 3 is 2.90 bits per heavy atom. The number of fused-ring (bicyclic) bond motifs is 1. The van der Waals surface area contributed by atoms with Crippen LogP contribution < -0.4 is 20.1 Å². The van der Waals surface area contributed by atoms with Gasteiger partial charge >= 0.3 is 0 Å². The Morgan fingerprint density at radius 1 is 1.21 bits per heavy atom. The molecule has 29 heavy (non-hydrogen) atoms. The van der Waals surface area contributed by atoms with Gasteiger partial charge < -0.3 is 20.1 Å². The highest BCUT2D eigenvalue weighted by atomic mass is 35.5. The number of piperidine rings is 1. The van der Waals surface area contributed by atoms with E-state index in [0.717, 1.165) is 37.1 Å². The van der Waals surface area contributed by atoms with E-state index in [1.807, 2.05) is 18.2 Å². The molecule has 1 aromatic carbocycles. The van der Waals surface area contributed by atoms with Crippen LogP contribution >= 0.6 is 12.4 Å². The molecule has 1 amide bonds. The maximum Gasteiger partial charge on any atom is 0.278 e. The second-order valence-corrected chi connectivity index (χ2v) is 6.75. The molecular formula is C18H20ClN7O3. The van der Waals surface area contributed by atoms with E-state index in [4.69, 9.17) is 9.47 Å².